The summed E-state index contributed by atoms with van der Waals surface area (Å²) in [5, 5.41) is 13.4. The monoisotopic (exact) mass is 237 g/mol. The zero-order valence-corrected chi connectivity index (χ0v) is 10.3. The summed E-state index contributed by atoms with van der Waals surface area (Å²) < 4.78 is 5.07. The van der Waals surface area contributed by atoms with Gasteiger partial charge in [-0.3, -0.25) is 0 Å². The summed E-state index contributed by atoms with van der Waals surface area (Å²) in [6.07, 6.45) is 4.15. The normalized spacial score (nSPS) is 35.1. The maximum atomic E-state index is 9.39. The van der Waals surface area contributed by atoms with Crippen molar-refractivity contribution in [2.75, 3.05) is 7.05 Å². The zero-order chi connectivity index (χ0) is 12.0. The molecule has 5 heteroatoms. The second-order valence-electron chi connectivity index (χ2n) is 5.39. The maximum absolute atomic E-state index is 9.39. The minimum Gasteiger partial charge on any atom is -0.384 e. The van der Waals surface area contributed by atoms with Crippen molar-refractivity contribution in [3.63, 3.8) is 0 Å². The van der Waals surface area contributed by atoms with E-state index in [-0.39, 0.29) is 0 Å². The molecule has 5 nitrogen and oxygen atoms in total. The smallest absolute Gasteiger partial charge is 0.255 e. The number of aliphatic hydroxyl groups is 1. The summed E-state index contributed by atoms with van der Waals surface area (Å²) >= 11 is 0. The first kappa shape index (κ1) is 11.2. The zero-order valence-electron chi connectivity index (χ0n) is 10.3. The molecule has 3 atom stereocenters. The number of nitrogens with zero attached hydrogens (tertiary/aromatic N) is 3. The second-order valence-corrected chi connectivity index (χ2v) is 5.39. The summed E-state index contributed by atoms with van der Waals surface area (Å²) in [5.74, 6) is 1.53. The summed E-state index contributed by atoms with van der Waals surface area (Å²) in [4.78, 5) is 6.80. The molecule has 1 aromatic heterocycles. The quantitative estimate of drug-likeness (QED) is 0.843. The highest BCUT2D eigenvalue weighted by atomic mass is 16.5. The molecule has 17 heavy (non-hydrogen) atoms. The topological polar surface area (TPSA) is 62.4 Å². The molecule has 2 aliphatic rings. The molecule has 0 aliphatic carbocycles. The third-order valence-electron chi connectivity index (χ3n) is 4.28. The number of rotatable bonds is 2. The first-order valence-corrected chi connectivity index (χ1v) is 6.38. The average Bonchev–Trinajstić information content (AvgIpc) is 2.83. The Morgan fingerprint density at radius 3 is 2.53 bits per heavy atom. The SMILES string of the molecule is C[C@H](O)c1nc(C2CC3CCC(C2)N3C)no1. The molecule has 2 unspecified atom stereocenters. The van der Waals surface area contributed by atoms with Crippen molar-refractivity contribution in [1.82, 2.24) is 15.0 Å². The van der Waals surface area contributed by atoms with Crippen LogP contribution in [0.4, 0.5) is 0 Å². The van der Waals surface area contributed by atoms with Crippen LogP contribution in [0, 0.1) is 0 Å². The lowest BCUT2D eigenvalue weighted by Gasteiger charge is -2.34. The van der Waals surface area contributed by atoms with E-state index in [9.17, 15) is 5.11 Å². The van der Waals surface area contributed by atoms with Gasteiger partial charge in [0.25, 0.3) is 5.89 Å². The van der Waals surface area contributed by atoms with E-state index in [4.69, 9.17) is 4.52 Å². The molecular weight excluding hydrogens is 218 g/mol. The Morgan fingerprint density at radius 2 is 2.00 bits per heavy atom. The first-order valence-electron chi connectivity index (χ1n) is 6.38. The lowest BCUT2D eigenvalue weighted by molar-refractivity contribution is 0.150. The van der Waals surface area contributed by atoms with E-state index < -0.39 is 6.10 Å². The van der Waals surface area contributed by atoms with Crippen molar-refractivity contribution in [2.24, 2.45) is 0 Å². The van der Waals surface area contributed by atoms with Gasteiger partial charge in [0.15, 0.2) is 5.82 Å². The predicted octanol–water partition coefficient (Wildman–Crippen LogP) is 1.46. The fourth-order valence-corrected chi connectivity index (χ4v) is 3.21. The Bertz CT molecular complexity index is 390. The molecule has 1 aromatic rings. The molecule has 3 heterocycles. The lowest BCUT2D eigenvalue weighted by atomic mass is 9.90. The number of aromatic nitrogens is 2. The molecule has 0 amide bonds. The highest BCUT2D eigenvalue weighted by molar-refractivity contribution is 5.05. The van der Waals surface area contributed by atoms with Gasteiger partial charge in [0.1, 0.15) is 6.10 Å². The van der Waals surface area contributed by atoms with Gasteiger partial charge in [0.2, 0.25) is 0 Å². The van der Waals surface area contributed by atoms with Gasteiger partial charge in [0, 0.05) is 18.0 Å². The molecular formula is C12H19N3O2. The summed E-state index contributed by atoms with van der Waals surface area (Å²) in [5.41, 5.74) is 0. The van der Waals surface area contributed by atoms with E-state index in [2.05, 4.69) is 22.1 Å². The number of piperidine rings is 1. The Morgan fingerprint density at radius 1 is 1.35 bits per heavy atom. The van der Waals surface area contributed by atoms with E-state index in [1.54, 1.807) is 6.92 Å². The van der Waals surface area contributed by atoms with E-state index >= 15 is 0 Å². The largest absolute Gasteiger partial charge is 0.384 e. The second kappa shape index (κ2) is 4.07. The molecule has 0 radical (unpaired) electrons. The highest BCUT2D eigenvalue weighted by Crippen LogP contribution is 2.41. The highest BCUT2D eigenvalue weighted by Gasteiger charge is 2.40. The molecule has 0 saturated carbocycles. The molecule has 0 aromatic carbocycles. The maximum Gasteiger partial charge on any atom is 0.255 e. The number of hydrogen-bond acceptors (Lipinski definition) is 5. The van der Waals surface area contributed by atoms with Crippen LogP contribution in [0.3, 0.4) is 0 Å². The Hall–Kier alpha value is -0.940. The molecule has 2 saturated heterocycles. The third kappa shape index (κ3) is 1.87. The van der Waals surface area contributed by atoms with E-state index in [1.807, 2.05) is 0 Å². The molecule has 2 bridgehead atoms. The summed E-state index contributed by atoms with van der Waals surface area (Å²) in [6.45, 7) is 1.65. The van der Waals surface area contributed by atoms with Crippen LogP contribution in [0.1, 0.15) is 56.3 Å². The van der Waals surface area contributed by atoms with E-state index in [0.29, 0.717) is 23.9 Å². The van der Waals surface area contributed by atoms with Crippen molar-refractivity contribution in [2.45, 2.75) is 56.7 Å². The van der Waals surface area contributed by atoms with Crippen LogP contribution in [0.25, 0.3) is 0 Å². The first-order chi connectivity index (χ1) is 8.15. The Kier molecular flexibility index (Phi) is 2.67. The van der Waals surface area contributed by atoms with Gasteiger partial charge in [-0.25, -0.2) is 0 Å². The van der Waals surface area contributed by atoms with Crippen LogP contribution < -0.4 is 0 Å². The lowest BCUT2D eigenvalue weighted by Crippen LogP contribution is -2.39. The van der Waals surface area contributed by atoms with E-state index in [0.717, 1.165) is 18.7 Å². The fraction of sp³-hybridized carbons (Fsp3) is 0.833. The van der Waals surface area contributed by atoms with Gasteiger partial charge in [-0.05, 0) is 39.7 Å². The van der Waals surface area contributed by atoms with Crippen molar-refractivity contribution >= 4 is 0 Å². The van der Waals surface area contributed by atoms with Crippen LogP contribution in [0.15, 0.2) is 4.52 Å². The van der Waals surface area contributed by atoms with Gasteiger partial charge >= 0.3 is 0 Å². The van der Waals surface area contributed by atoms with Gasteiger partial charge in [-0.1, -0.05) is 5.16 Å². The van der Waals surface area contributed by atoms with Crippen molar-refractivity contribution in [3.05, 3.63) is 11.7 Å². The summed E-state index contributed by atoms with van der Waals surface area (Å²) in [6, 6.07) is 1.35. The standard InChI is InChI=1S/C12H19N3O2/c1-7(16)12-13-11(14-17-12)8-5-9-3-4-10(6-8)15(9)2/h7-10,16H,3-6H2,1-2H3/t7-,8?,9?,10?/m0/s1. The fourth-order valence-electron chi connectivity index (χ4n) is 3.21. The van der Waals surface area contributed by atoms with E-state index in [1.165, 1.54) is 12.8 Å². The Balaban J connectivity index is 1.77. The average molecular weight is 237 g/mol. The van der Waals surface area contributed by atoms with Crippen LogP contribution in [-0.4, -0.2) is 39.3 Å². The minimum atomic E-state index is -0.667. The van der Waals surface area contributed by atoms with Crippen LogP contribution in [-0.2, 0) is 0 Å². The molecule has 2 aliphatic heterocycles. The Labute approximate surface area is 101 Å². The number of hydrogen-bond donors (Lipinski definition) is 1. The van der Waals surface area contributed by atoms with Gasteiger partial charge in [-0.2, -0.15) is 4.98 Å². The van der Waals surface area contributed by atoms with Gasteiger partial charge < -0.3 is 14.5 Å². The molecule has 1 N–H and O–H groups in total. The van der Waals surface area contributed by atoms with Crippen molar-refractivity contribution in [3.8, 4) is 0 Å². The van der Waals surface area contributed by atoms with Crippen molar-refractivity contribution < 1.29 is 9.63 Å². The molecule has 94 valence electrons. The van der Waals surface area contributed by atoms with Gasteiger partial charge in [0.05, 0.1) is 0 Å². The number of fused-ring (bicyclic) bond motifs is 2. The molecule has 0 spiro atoms. The van der Waals surface area contributed by atoms with Crippen LogP contribution in [0.2, 0.25) is 0 Å². The number of aliphatic hydroxyl groups excluding tert-OH is 1. The molecule has 2 fully saturated rings. The van der Waals surface area contributed by atoms with Gasteiger partial charge in [-0.15, -0.1) is 0 Å². The van der Waals surface area contributed by atoms with Crippen LogP contribution >= 0.6 is 0 Å². The molecule has 3 rings (SSSR count). The third-order valence-corrected chi connectivity index (χ3v) is 4.28. The summed E-state index contributed by atoms with van der Waals surface area (Å²) in [7, 11) is 2.22. The minimum absolute atomic E-state index is 0.339. The van der Waals surface area contributed by atoms with Crippen molar-refractivity contribution in [1.29, 1.82) is 0 Å². The predicted molar refractivity (Wildman–Crippen MR) is 61.5 cm³/mol. The van der Waals surface area contributed by atoms with Crippen LogP contribution in [0.5, 0.6) is 0 Å².